The van der Waals surface area contributed by atoms with Crippen LogP contribution in [0, 0.1) is 0 Å². The number of hydrogen-bond donors (Lipinski definition) is 0. The number of alkyl halides is 4. The summed E-state index contributed by atoms with van der Waals surface area (Å²) in [4.78, 5) is 23.7. The first-order valence-corrected chi connectivity index (χ1v) is 7.33. The molecule has 0 fully saturated rings. The van der Waals surface area contributed by atoms with E-state index in [4.69, 9.17) is 0 Å². The number of halogens is 4. The van der Waals surface area contributed by atoms with E-state index in [-0.39, 0.29) is 22.8 Å². The van der Waals surface area contributed by atoms with E-state index in [9.17, 15) is 22.8 Å². The quantitative estimate of drug-likeness (QED) is 0.595. The van der Waals surface area contributed by atoms with Crippen molar-refractivity contribution in [3.63, 3.8) is 0 Å². The molecule has 1 amide bonds. The van der Waals surface area contributed by atoms with Gasteiger partial charge in [-0.15, -0.1) is 0 Å². The molecule has 3 nitrogen and oxygen atoms in total. The maximum Gasteiger partial charge on any atom is 0.471 e. The van der Waals surface area contributed by atoms with Crippen molar-refractivity contribution in [2.24, 2.45) is 0 Å². The molecule has 1 aliphatic heterocycles. The van der Waals surface area contributed by atoms with Gasteiger partial charge in [0.25, 0.3) is 0 Å². The molecule has 0 bridgehead atoms. The standard InChI is InChI=1S/C14H13BrF3NO2/c1-8(15)12(20)10-4-5-11-9(7-10)3-2-6-19(11)13(21)14(16,17)18/h4-5,7-8H,2-3,6H2,1H3. The SMILES string of the molecule is CC(Br)C(=O)c1ccc2c(c1)CCCN2C(=O)C(F)(F)F. The average Bonchev–Trinajstić information content (AvgIpc) is 2.43. The Labute approximate surface area is 128 Å². The van der Waals surface area contributed by atoms with Crippen molar-refractivity contribution in [1.29, 1.82) is 0 Å². The molecule has 0 N–H and O–H groups in total. The van der Waals surface area contributed by atoms with Gasteiger partial charge in [-0.2, -0.15) is 13.2 Å². The third-order valence-electron chi connectivity index (χ3n) is 3.33. The summed E-state index contributed by atoms with van der Waals surface area (Å²) in [5, 5.41) is 0. The number of Topliss-reactive ketones (excluding diaryl/α,β-unsaturated/α-hetero) is 1. The van der Waals surface area contributed by atoms with Gasteiger partial charge in [0.2, 0.25) is 0 Å². The van der Waals surface area contributed by atoms with E-state index in [1.165, 1.54) is 12.1 Å². The van der Waals surface area contributed by atoms with Gasteiger partial charge in [-0.25, -0.2) is 0 Å². The zero-order valence-electron chi connectivity index (χ0n) is 11.2. The van der Waals surface area contributed by atoms with Crippen molar-refractivity contribution >= 4 is 33.3 Å². The molecule has 114 valence electrons. The molecule has 0 aliphatic carbocycles. The number of rotatable bonds is 2. The largest absolute Gasteiger partial charge is 0.471 e. The Morgan fingerprint density at radius 2 is 2.00 bits per heavy atom. The predicted octanol–water partition coefficient (Wildman–Crippen LogP) is 3.49. The summed E-state index contributed by atoms with van der Waals surface area (Å²) < 4.78 is 37.8. The van der Waals surface area contributed by atoms with Crippen molar-refractivity contribution in [2.75, 3.05) is 11.4 Å². The average molecular weight is 364 g/mol. The molecule has 0 saturated carbocycles. The highest BCUT2D eigenvalue weighted by Gasteiger charge is 2.44. The normalized spacial score (nSPS) is 16.3. The summed E-state index contributed by atoms with van der Waals surface area (Å²) in [6.07, 6.45) is -3.90. The fourth-order valence-electron chi connectivity index (χ4n) is 2.34. The Kier molecular flexibility index (Phi) is 4.41. The van der Waals surface area contributed by atoms with Crippen molar-refractivity contribution < 1.29 is 22.8 Å². The van der Waals surface area contributed by atoms with E-state index in [1.54, 1.807) is 13.0 Å². The van der Waals surface area contributed by atoms with Crippen LogP contribution in [0.25, 0.3) is 0 Å². The molecule has 1 aromatic carbocycles. The maximum absolute atomic E-state index is 12.6. The summed E-state index contributed by atoms with van der Waals surface area (Å²) in [6.45, 7) is 1.72. The van der Waals surface area contributed by atoms with E-state index in [2.05, 4.69) is 15.9 Å². The minimum absolute atomic E-state index is 0.0352. The zero-order chi connectivity index (χ0) is 15.8. The number of nitrogens with zero attached hydrogens (tertiary/aromatic N) is 1. The molecule has 1 aromatic rings. The summed E-state index contributed by atoms with van der Waals surface area (Å²) >= 11 is 3.17. The monoisotopic (exact) mass is 363 g/mol. The van der Waals surface area contributed by atoms with Gasteiger partial charge in [-0.05, 0) is 43.5 Å². The lowest BCUT2D eigenvalue weighted by atomic mass is 9.97. The highest BCUT2D eigenvalue weighted by molar-refractivity contribution is 9.10. The van der Waals surface area contributed by atoms with Crippen LogP contribution in [0.3, 0.4) is 0 Å². The highest BCUT2D eigenvalue weighted by Crippen LogP contribution is 2.32. The highest BCUT2D eigenvalue weighted by atomic mass is 79.9. The van der Waals surface area contributed by atoms with Crippen molar-refractivity contribution in [1.82, 2.24) is 0 Å². The number of hydrogen-bond acceptors (Lipinski definition) is 2. The number of aryl methyl sites for hydroxylation is 1. The van der Waals surface area contributed by atoms with E-state index in [0.29, 0.717) is 24.0 Å². The first-order valence-electron chi connectivity index (χ1n) is 6.41. The lowest BCUT2D eigenvalue weighted by molar-refractivity contribution is -0.170. The molecule has 21 heavy (non-hydrogen) atoms. The number of carbonyl (C=O) groups excluding carboxylic acids is 2. The lowest BCUT2D eigenvalue weighted by Gasteiger charge is -2.30. The first-order chi connectivity index (χ1) is 9.71. The Balaban J connectivity index is 2.37. The van der Waals surface area contributed by atoms with Crippen LogP contribution in [-0.2, 0) is 11.2 Å². The van der Waals surface area contributed by atoms with Gasteiger partial charge < -0.3 is 4.90 Å². The van der Waals surface area contributed by atoms with Crippen LogP contribution in [0.2, 0.25) is 0 Å². The van der Waals surface area contributed by atoms with E-state index >= 15 is 0 Å². The maximum atomic E-state index is 12.6. The molecule has 0 saturated heterocycles. The number of ketones is 1. The van der Waals surface area contributed by atoms with E-state index < -0.39 is 12.1 Å². The Morgan fingerprint density at radius 3 is 2.57 bits per heavy atom. The molecule has 0 spiro atoms. The second-order valence-electron chi connectivity index (χ2n) is 4.88. The van der Waals surface area contributed by atoms with Crippen LogP contribution in [0.15, 0.2) is 18.2 Å². The number of benzene rings is 1. The molecule has 1 unspecified atom stereocenters. The fraction of sp³-hybridized carbons (Fsp3) is 0.429. The van der Waals surface area contributed by atoms with E-state index in [0.717, 1.165) is 4.90 Å². The van der Waals surface area contributed by atoms with Gasteiger partial charge in [-0.1, -0.05) is 15.9 Å². The van der Waals surface area contributed by atoms with Crippen LogP contribution >= 0.6 is 15.9 Å². The van der Waals surface area contributed by atoms with Crippen LogP contribution in [0.4, 0.5) is 18.9 Å². The number of fused-ring (bicyclic) bond motifs is 1. The van der Waals surface area contributed by atoms with Crippen LogP contribution in [0.5, 0.6) is 0 Å². The van der Waals surface area contributed by atoms with Crippen LogP contribution in [0.1, 0.15) is 29.3 Å². The van der Waals surface area contributed by atoms with Crippen molar-refractivity contribution in [3.8, 4) is 0 Å². The molecule has 0 radical (unpaired) electrons. The summed E-state index contributed by atoms with van der Waals surface area (Å²) in [5.41, 5.74) is 1.26. The Bertz CT molecular complexity index is 584. The predicted molar refractivity (Wildman–Crippen MR) is 75.9 cm³/mol. The Morgan fingerprint density at radius 1 is 1.33 bits per heavy atom. The number of amides is 1. The third-order valence-corrected chi connectivity index (χ3v) is 3.75. The minimum Gasteiger partial charge on any atom is -0.304 e. The van der Waals surface area contributed by atoms with E-state index in [1.807, 2.05) is 0 Å². The molecular weight excluding hydrogens is 351 g/mol. The topological polar surface area (TPSA) is 37.4 Å². The summed E-state index contributed by atoms with van der Waals surface area (Å²) in [6, 6.07) is 4.45. The second-order valence-corrected chi connectivity index (χ2v) is 6.26. The van der Waals surface area contributed by atoms with Gasteiger partial charge in [0.15, 0.2) is 5.78 Å². The minimum atomic E-state index is -4.90. The summed E-state index contributed by atoms with van der Waals surface area (Å²) in [7, 11) is 0. The summed E-state index contributed by atoms with van der Waals surface area (Å²) in [5.74, 6) is -2.01. The van der Waals surface area contributed by atoms with Gasteiger partial charge in [0, 0.05) is 17.8 Å². The van der Waals surface area contributed by atoms with Crippen LogP contribution < -0.4 is 4.90 Å². The third kappa shape index (κ3) is 3.28. The second kappa shape index (κ2) is 5.79. The van der Waals surface area contributed by atoms with Gasteiger partial charge in [0.05, 0.1) is 4.83 Å². The zero-order valence-corrected chi connectivity index (χ0v) is 12.8. The van der Waals surface area contributed by atoms with Crippen molar-refractivity contribution in [3.05, 3.63) is 29.3 Å². The fourth-order valence-corrected chi connectivity index (χ4v) is 2.61. The Hall–Kier alpha value is -1.37. The van der Waals surface area contributed by atoms with Crippen molar-refractivity contribution in [2.45, 2.75) is 30.8 Å². The van der Waals surface area contributed by atoms with Crippen LogP contribution in [-0.4, -0.2) is 29.2 Å². The van der Waals surface area contributed by atoms with Gasteiger partial charge >= 0.3 is 12.1 Å². The molecule has 7 heteroatoms. The molecule has 0 aromatic heterocycles. The number of carbonyl (C=O) groups is 2. The van der Waals surface area contributed by atoms with Gasteiger partial charge in [-0.3, -0.25) is 9.59 Å². The lowest BCUT2D eigenvalue weighted by Crippen LogP contribution is -2.43. The molecule has 1 aliphatic rings. The molecule has 1 atom stereocenters. The van der Waals surface area contributed by atoms with Gasteiger partial charge in [0.1, 0.15) is 0 Å². The first kappa shape index (κ1) is 16.0. The smallest absolute Gasteiger partial charge is 0.304 e. The number of anilines is 1. The molecular formula is C14H13BrF3NO2. The molecule has 2 rings (SSSR count). The molecule has 1 heterocycles.